The van der Waals surface area contributed by atoms with Crippen molar-refractivity contribution < 1.29 is 9.18 Å². The molecule has 1 saturated carbocycles. The number of hydrogen-bond donors (Lipinski definition) is 1. The van der Waals surface area contributed by atoms with Crippen LogP contribution in [0.25, 0.3) is 0 Å². The Kier molecular flexibility index (Phi) is 6.19. The van der Waals surface area contributed by atoms with Crippen molar-refractivity contribution in [3.8, 4) is 0 Å². The predicted molar refractivity (Wildman–Crippen MR) is 102 cm³/mol. The second-order valence-electron chi connectivity index (χ2n) is 6.84. The number of carbonyl (C=O) groups excluding carboxylic acids is 1. The lowest BCUT2D eigenvalue weighted by atomic mass is 10.1. The van der Waals surface area contributed by atoms with Crippen molar-refractivity contribution in [2.24, 2.45) is 0 Å². The Morgan fingerprint density at radius 2 is 2.12 bits per heavy atom. The van der Waals surface area contributed by atoms with Crippen LogP contribution in [0.4, 0.5) is 9.52 Å². The number of nitrogens with one attached hydrogen (secondary N) is 1. The fourth-order valence-electron chi connectivity index (χ4n) is 2.69. The Morgan fingerprint density at radius 1 is 1.38 bits per heavy atom. The Labute approximate surface area is 157 Å². The fraction of sp³-hybridized carbons (Fsp3) is 0.526. The number of halogens is 1. The molecule has 0 saturated heterocycles. The number of carbonyl (C=O) groups is 1. The Balaban J connectivity index is 1.63. The van der Waals surface area contributed by atoms with Gasteiger partial charge >= 0.3 is 0 Å². The van der Waals surface area contributed by atoms with E-state index in [1.165, 1.54) is 23.7 Å². The number of benzene rings is 1. The molecule has 1 heterocycles. The summed E-state index contributed by atoms with van der Waals surface area (Å²) in [5, 5.41) is 3.87. The molecule has 1 aromatic heterocycles. The first-order valence-corrected chi connectivity index (χ1v) is 9.95. The third-order valence-electron chi connectivity index (χ3n) is 4.62. The molecule has 140 valence electrons. The highest BCUT2D eigenvalue weighted by Crippen LogP contribution is 2.23. The molecule has 2 aromatic rings. The highest BCUT2D eigenvalue weighted by atomic mass is 32.1. The van der Waals surface area contributed by atoms with Crippen LogP contribution < -0.4 is 10.2 Å². The molecule has 5 nitrogen and oxygen atoms in total. The normalized spacial score (nSPS) is 14.9. The van der Waals surface area contributed by atoms with Crippen molar-refractivity contribution in [2.45, 2.75) is 58.0 Å². The summed E-state index contributed by atoms with van der Waals surface area (Å²) in [4.78, 5) is 18.8. The number of anilines is 1. The maximum absolute atomic E-state index is 13.0. The van der Waals surface area contributed by atoms with Gasteiger partial charge in [-0.2, -0.15) is 4.37 Å². The van der Waals surface area contributed by atoms with Crippen LogP contribution in [0.5, 0.6) is 0 Å². The van der Waals surface area contributed by atoms with E-state index in [1.807, 2.05) is 0 Å². The van der Waals surface area contributed by atoms with Gasteiger partial charge in [0.2, 0.25) is 11.0 Å². The van der Waals surface area contributed by atoms with Gasteiger partial charge in [-0.15, -0.1) is 0 Å². The average Bonchev–Trinajstić information content (AvgIpc) is 3.33. The molecule has 26 heavy (non-hydrogen) atoms. The standard InChI is InChI=1S/C19H25FN4OS/c1-3-13(2)24(11-10-18(25)21-16-8-9-16)19-22-17(23-26-19)12-14-4-6-15(20)7-5-14/h4-7,13,16H,3,8-12H2,1-2H3,(H,21,25)/t13-/m0/s1. The van der Waals surface area contributed by atoms with Crippen molar-refractivity contribution in [3.63, 3.8) is 0 Å². The van der Waals surface area contributed by atoms with Crippen molar-refractivity contribution in [1.82, 2.24) is 14.7 Å². The van der Waals surface area contributed by atoms with Gasteiger partial charge in [0.1, 0.15) is 11.6 Å². The zero-order valence-electron chi connectivity index (χ0n) is 15.2. The molecule has 1 aliphatic carbocycles. The number of amides is 1. The van der Waals surface area contributed by atoms with Gasteiger partial charge in [0.25, 0.3) is 0 Å². The summed E-state index contributed by atoms with van der Waals surface area (Å²) in [5.74, 6) is 0.595. The molecule has 1 aromatic carbocycles. The lowest BCUT2D eigenvalue weighted by Gasteiger charge is -2.27. The van der Waals surface area contributed by atoms with Crippen molar-refractivity contribution in [3.05, 3.63) is 41.5 Å². The van der Waals surface area contributed by atoms with Gasteiger partial charge in [-0.3, -0.25) is 4.79 Å². The second-order valence-corrected chi connectivity index (χ2v) is 7.57. The molecule has 0 aliphatic heterocycles. The molecule has 1 atom stereocenters. The molecular formula is C19H25FN4OS. The third-order valence-corrected chi connectivity index (χ3v) is 5.41. The summed E-state index contributed by atoms with van der Waals surface area (Å²) < 4.78 is 17.5. The second kappa shape index (κ2) is 8.58. The lowest BCUT2D eigenvalue weighted by Crippen LogP contribution is -2.37. The first kappa shape index (κ1) is 18.8. The molecular weight excluding hydrogens is 351 g/mol. The monoisotopic (exact) mass is 376 g/mol. The summed E-state index contributed by atoms with van der Waals surface area (Å²) in [7, 11) is 0. The zero-order valence-corrected chi connectivity index (χ0v) is 16.1. The topological polar surface area (TPSA) is 58.1 Å². The van der Waals surface area contributed by atoms with Crippen LogP contribution in [-0.2, 0) is 11.2 Å². The van der Waals surface area contributed by atoms with E-state index in [4.69, 9.17) is 0 Å². The zero-order chi connectivity index (χ0) is 18.5. The summed E-state index contributed by atoms with van der Waals surface area (Å²) >= 11 is 1.36. The van der Waals surface area contributed by atoms with E-state index >= 15 is 0 Å². The minimum Gasteiger partial charge on any atom is -0.353 e. The molecule has 0 unspecified atom stereocenters. The number of hydrogen-bond acceptors (Lipinski definition) is 5. The SMILES string of the molecule is CC[C@H](C)N(CCC(=O)NC1CC1)c1nc(Cc2ccc(F)cc2)ns1. The molecule has 1 fully saturated rings. The van der Waals surface area contributed by atoms with Gasteiger partial charge in [0.05, 0.1) is 0 Å². The maximum Gasteiger partial charge on any atom is 0.221 e. The minimum absolute atomic E-state index is 0.108. The van der Waals surface area contributed by atoms with Gasteiger partial charge in [0.15, 0.2) is 0 Å². The Morgan fingerprint density at radius 3 is 2.77 bits per heavy atom. The minimum atomic E-state index is -0.243. The molecule has 0 radical (unpaired) electrons. The molecule has 3 rings (SSSR count). The van der Waals surface area contributed by atoms with Crippen LogP contribution in [0.3, 0.4) is 0 Å². The predicted octanol–water partition coefficient (Wildman–Crippen LogP) is 3.54. The van der Waals surface area contributed by atoms with Crippen molar-refractivity contribution in [1.29, 1.82) is 0 Å². The third kappa shape index (κ3) is 5.24. The summed E-state index contributed by atoms with van der Waals surface area (Å²) in [5.41, 5.74) is 0.981. The van der Waals surface area contributed by atoms with E-state index in [1.54, 1.807) is 12.1 Å². The van der Waals surface area contributed by atoms with E-state index in [2.05, 4.69) is 33.4 Å². The van der Waals surface area contributed by atoms with Crippen LogP contribution in [0.2, 0.25) is 0 Å². The smallest absolute Gasteiger partial charge is 0.221 e. The summed E-state index contributed by atoms with van der Waals surface area (Å²) in [6, 6.07) is 7.09. The largest absolute Gasteiger partial charge is 0.353 e. The van der Waals surface area contributed by atoms with E-state index in [-0.39, 0.29) is 17.8 Å². The highest BCUT2D eigenvalue weighted by Gasteiger charge is 2.24. The van der Waals surface area contributed by atoms with Gasteiger partial charge in [0, 0.05) is 43.0 Å². The summed E-state index contributed by atoms with van der Waals surface area (Å²) in [6.07, 6.45) is 4.21. The Bertz CT molecular complexity index is 729. The average molecular weight is 377 g/mol. The van der Waals surface area contributed by atoms with Crippen LogP contribution in [0.1, 0.15) is 50.9 Å². The van der Waals surface area contributed by atoms with E-state index in [0.29, 0.717) is 25.4 Å². The van der Waals surface area contributed by atoms with Crippen LogP contribution >= 0.6 is 11.5 Å². The van der Waals surface area contributed by atoms with Crippen LogP contribution in [0, 0.1) is 5.82 Å². The number of aromatic nitrogens is 2. The van der Waals surface area contributed by atoms with Gasteiger partial charge in [-0.05, 0) is 43.9 Å². The van der Waals surface area contributed by atoms with Crippen LogP contribution in [-0.4, -0.2) is 33.9 Å². The molecule has 1 amide bonds. The molecule has 1 N–H and O–H groups in total. The lowest BCUT2D eigenvalue weighted by molar-refractivity contribution is -0.121. The molecule has 7 heteroatoms. The first-order chi connectivity index (χ1) is 12.5. The molecule has 1 aliphatic rings. The highest BCUT2D eigenvalue weighted by molar-refractivity contribution is 7.09. The van der Waals surface area contributed by atoms with Gasteiger partial charge < -0.3 is 10.2 Å². The van der Waals surface area contributed by atoms with Crippen molar-refractivity contribution in [2.75, 3.05) is 11.4 Å². The van der Waals surface area contributed by atoms with E-state index in [0.717, 1.165) is 35.8 Å². The number of nitrogens with zero attached hydrogens (tertiary/aromatic N) is 3. The van der Waals surface area contributed by atoms with Crippen LogP contribution in [0.15, 0.2) is 24.3 Å². The van der Waals surface area contributed by atoms with Gasteiger partial charge in [-0.25, -0.2) is 9.37 Å². The summed E-state index contributed by atoms with van der Waals surface area (Å²) in [6.45, 7) is 4.90. The number of rotatable bonds is 9. The van der Waals surface area contributed by atoms with E-state index in [9.17, 15) is 9.18 Å². The first-order valence-electron chi connectivity index (χ1n) is 9.18. The molecule has 0 spiro atoms. The molecule has 0 bridgehead atoms. The van der Waals surface area contributed by atoms with Crippen molar-refractivity contribution >= 4 is 22.6 Å². The fourth-order valence-corrected chi connectivity index (χ4v) is 3.51. The van der Waals surface area contributed by atoms with E-state index < -0.39 is 0 Å². The quantitative estimate of drug-likeness (QED) is 0.727. The Hall–Kier alpha value is -2.02. The maximum atomic E-state index is 13.0. The van der Waals surface area contributed by atoms with Gasteiger partial charge in [-0.1, -0.05) is 19.1 Å².